The number of pyridine rings is 1. The fourth-order valence-corrected chi connectivity index (χ4v) is 4.58. The molecule has 4 heterocycles. The van der Waals surface area contributed by atoms with Crippen LogP contribution in [0, 0.1) is 0 Å². The monoisotopic (exact) mass is 377 g/mol. The first-order chi connectivity index (χ1) is 13.6. The zero-order chi connectivity index (χ0) is 19.3. The normalized spacial score (nSPS) is 21.3. The van der Waals surface area contributed by atoms with E-state index in [0.717, 1.165) is 43.9 Å². The van der Waals surface area contributed by atoms with E-state index in [-0.39, 0.29) is 11.3 Å². The number of hydrogen-bond donors (Lipinski definition) is 0. The molecule has 2 aliphatic rings. The molecule has 3 aromatic rings. The molecule has 5 rings (SSSR count). The molecule has 1 atom stereocenters. The number of likely N-dealkylation sites (tertiary alicyclic amines) is 1. The van der Waals surface area contributed by atoms with Gasteiger partial charge in [-0.2, -0.15) is 5.10 Å². The van der Waals surface area contributed by atoms with E-state index in [1.807, 2.05) is 42.2 Å². The summed E-state index contributed by atoms with van der Waals surface area (Å²) in [6.07, 6.45) is 9.31. The predicted octanol–water partition coefficient (Wildman–Crippen LogP) is 1.71. The van der Waals surface area contributed by atoms with Crippen LogP contribution >= 0.6 is 0 Å². The lowest BCUT2D eigenvalue weighted by atomic mass is 9.77. The highest BCUT2D eigenvalue weighted by Crippen LogP contribution is 2.44. The third-order valence-corrected chi connectivity index (χ3v) is 6.02. The van der Waals surface area contributed by atoms with Crippen LogP contribution in [0.1, 0.15) is 40.9 Å². The molecule has 1 amide bonds. The zero-order valence-corrected chi connectivity index (χ0v) is 16.2. The number of carbonyl (C=O) groups is 1. The molecule has 0 aromatic carbocycles. The Balaban J connectivity index is 1.46. The van der Waals surface area contributed by atoms with E-state index in [9.17, 15) is 4.79 Å². The van der Waals surface area contributed by atoms with Crippen LogP contribution in [0.2, 0.25) is 0 Å². The molecule has 0 bridgehead atoms. The number of aromatic nitrogens is 5. The van der Waals surface area contributed by atoms with E-state index < -0.39 is 0 Å². The van der Waals surface area contributed by atoms with E-state index in [2.05, 4.69) is 15.1 Å². The number of hydrogen-bond acceptors (Lipinski definition) is 6. The number of piperidine rings is 1. The van der Waals surface area contributed by atoms with Crippen molar-refractivity contribution in [2.24, 2.45) is 0 Å². The van der Waals surface area contributed by atoms with Crippen molar-refractivity contribution in [2.75, 3.05) is 32.1 Å². The van der Waals surface area contributed by atoms with Gasteiger partial charge in [0.2, 0.25) is 5.95 Å². The molecule has 0 radical (unpaired) electrons. The molecule has 1 unspecified atom stereocenters. The highest BCUT2D eigenvalue weighted by Gasteiger charge is 2.45. The first-order valence-corrected chi connectivity index (χ1v) is 9.68. The molecule has 8 heteroatoms. The van der Waals surface area contributed by atoms with Crippen LogP contribution in [-0.4, -0.2) is 62.6 Å². The standard InChI is InChI=1S/C20H23N7O/c1-25(2)19-21-11-15-4-7-20(17(15)24-19)6-3-8-26(12-20)18(28)14-5-9-27-16(10-14)22-13-23-27/h5,9-11,13H,3-4,6-8,12H2,1-2H3. The minimum Gasteiger partial charge on any atom is -0.347 e. The Bertz CT molecular complexity index is 1060. The van der Waals surface area contributed by atoms with Crippen LogP contribution in [0.5, 0.6) is 0 Å². The molecule has 1 saturated heterocycles. The van der Waals surface area contributed by atoms with Crippen LogP contribution < -0.4 is 4.90 Å². The number of anilines is 1. The molecule has 0 N–H and O–H groups in total. The third-order valence-electron chi connectivity index (χ3n) is 6.02. The Morgan fingerprint density at radius 1 is 1.25 bits per heavy atom. The average molecular weight is 377 g/mol. The fraction of sp³-hybridized carbons (Fsp3) is 0.450. The van der Waals surface area contributed by atoms with E-state index in [1.165, 1.54) is 11.9 Å². The van der Waals surface area contributed by atoms with Crippen molar-refractivity contribution in [3.63, 3.8) is 0 Å². The topological polar surface area (TPSA) is 79.5 Å². The van der Waals surface area contributed by atoms with Crippen molar-refractivity contribution in [1.29, 1.82) is 0 Å². The van der Waals surface area contributed by atoms with E-state index in [0.29, 0.717) is 17.8 Å². The quantitative estimate of drug-likeness (QED) is 0.676. The number of rotatable bonds is 2. The largest absolute Gasteiger partial charge is 0.347 e. The van der Waals surface area contributed by atoms with Crippen molar-refractivity contribution >= 4 is 17.5 Å². The van der Waals surface area contributed by atoms with Gasteiger partial charge in [-0.05, 0) is 43.4 Å². The predicted molar refractivity (Wildman–Crippen MR) is 104 cm³/mol. The van der Waals surface area contributed by atoms with Gasteiger partial charge in [-0.25, -0.2) is 19.5 Å². The summed E-state index contributed by atoms with van der Waals surface area (Å²) >= 11 is 0. The lowest BCUT2D eigenvalue weighted by Crippen LogP contribution is -2.48. The first-order valence-electron chi connectivity index (χ1n) is 9.68. The summed E-state index contributed by atoms with van der Waals surface area (Å²) in [6.45, 7) is 1.49. The molecule has 28 heavy (non-hydrogen) atoms. The van der Waals surface area contributed by atoms with Gasteiger partial charge in [0.15, 0.2) is 5.65 Å². The van der Waals surface area contributed by atoms with Crippen molar-refractivity contribution < 1.29 is 4.79 Å². The van der Waals surface area contributed by atoms with Crippen molar-refractivity contribution in [3.05, 3.63) is 47.7 Å². The Labute approximate surface area is 163 Å². The van der Waals surface area contributed by atoms with Gasteiger partial charge in [-0.1, -0.05) is 0 Å². The van der Waals surface area contributed by atoms with Gasteiger partial charge in [-0.15, -0.1) is 0 Å². The Hall–Kier alpha value is -3.03. The SMILES string of the molecule is CN(C)c1ncc2c(n1)C1(CCCN(C(=O)c3ccn4ncnc4c3)C1)CC2. The summed E-state index contributed by atoms with van der Waals surface area (Å²) in [5.41, 5.74) is 3.65. The summed E-state index contributed by atoms with van der Waals surface area (Å²) in [5.74, 6) is 0.792. The van der Waals surface area contributed by atoms with Crippen LogP contribution in [-0.2, 0) is 11.8 Å². The maximum absolute atomic E-state index is 13.2. The van der Waals surface area contributed by atoms with Gasteiger partial charge >= 0.3 is 0 Å². The van der Waals surface area contributed by atoms with E-state index >= 15 is 0 Å². The summed E-state index contributed by atoms with van der Waals surface area (Å²) in [4.78, 5) is 30.7. The summed E-state index contributed by atoms with van der Waals surface area (Å²) in [7, 11) is 3.92. The van der Waals surface area contributed by atoms with Crippen LogP contribution in [0.3, 0.4) is 0 Å². The van der Waals surface area contributed by atoms with Gasteiger partial charge in [0.1, 0.15) is 6.33 Å². The Morgan fingerprint density at radius 2 is 2.14 bits per heavy atom. The number of nitrogens with zero attached hydrogens (tertiary/aromatic N) is 7. The van der Waals surface area contributed by atoms with Crippen molar-refractivity contribution in [2.45, 2.75) is 31.1 Å². The molecule has 1 aliphatic carbocycles. The molecule has 0 saturated carbocycles. The average Bonchev–Trinajstić information content (AvgIpc) is 3.32. The minimum absolute atomic E-state index is 0.0555. The fourth-order valence-electron chi connectivity index (χ4n) is 4.58. The molecule has 1 aliphatic heterocycles. The lowest BCUT2D eigenvalue weighted by molar-refractivity contribution is 0.0633. The first kappa shape index (κ1) is 17.1. The van der Waals surface area contributed by atoms with E-state index in [1.54, 1.807) is 10.7 Å². The molecule has 1 fully saturated rings. The molecular weight excluding hydrogens is 354 g/mol. The number of carbonyl (C=O) groups excluding carboxylic acids is 1. The second-order valence-electron chi connectivity index (χ2n) is 8.03. The molecule has 8 nitrogen and oxygen atoms in total. The maximum Gasteiger partial charge on any atom is 0.254 e. The molecule has 144 valence electrons. The van der Waals surface area contributed by atoms with Gasteiger partial charge in [-0.3, -0.25) is 4.79 Å². The van der Waals surface area contributed by atoms with Crippen molar-refractivity contribution in [1.82, 2.24) is 29.5 Å². The van der Waals surface area contributed by atoms with E-state index in [4.69, 9.17) is 4.98 Å². The molecule has 3 aromatic heterocycles. The summed E-state index contributed by atoms with van der Waals surface area (Å²) in [5, 5.41) is 4.10. The lowest BCUT2D eigenvalue weighted by Gasteiger charge is -2.40. The Morgan fingerprint density at radius 3 is 3.00 bits per heavy atom. The van der Waals surface area contributed by atoms with Gasteiger partial charge in [0.05, 0.1) is 5.69 Å². The van der Waals surface area contributed by atoms with Gasteiger partial charge in [0.25, 0.3) is 5.91 Å². The van der Waals surface area contributed by atoms with Crippen LogP contribution in [0.4, 0.5) is 5.95 Å². The summed E-state index contributed by atoms with van der Waals surface area (Å²) in [6, 6.07) is 3.63. The van der Waals surface area contributed by atoms with Crippen LogP contribution in [0.25, 0.3) is 5.65 Å². The highest BCUT2D eigenvalue weighted by molar-refractivity contribution is 5.95. The minimum atomic E-state index is -0.0596. The van der Waals surface area contributed by atoms with Gasteiger partial charge in [0, 0.05) is 50.6 Å². The number of fused-ring (bicyclic) bond motifs is 3. The maximum atomic E-state index is 13.2. The third kappa shape index (κ3) is 2.63. The van der Waals surface area contributed by atoms with Crippen LogP contribution in [0.15, 0.2) is 30.9 Å². The zero-order valence-electron chi connectivity index (χ0n) is 16.2. The Kier molecular flexibility index (Phi) is 3.82. The highest BCUT2D eigenvalue weighted by atomic mass is 16.2. The number of amides is 1. The second-order valence-corrected chi connectivity index (χ2v) is 8.03. The molecule has 1 spiro atoms. The number of aryl methyl sites for hydroxylation is 1. The van der Waals surface area contributed by atoms with Gasteiger partial charge < -0.3 is 9.80 Å². The summed E-state index contributed by atoms with van der Waals surface area (Å²) < 4.78 is 1.67. The smallest absolute Gasteiger partial charge is 0.254 e. The second kappa shape index (κ2) is 6.25. The van der Waals surface area contributed by atoms with Crippen molar-refractivity contribution in [3.8, 4) is 0 Å². The molecular formula is C20H23N7O.